The van der Waals surface area contributed by atoms with Crippen molar-refractivity contribution >= 4 is 32.8 Å². The number of nitrogens with one attached hydrogen (secondary N) is 1. The van der Waals surface area contributed by atoms with E-state index in [2.05, 4.69) is 9.71 Å². The molecule has 1 aromatic heterocycles. The molecule has 0 aliphatic rings. The van der Waals surface area contributed by atoms with E-state index in [0.29, 0.717) is 16.3 Å². The Labute approximate surface area is 218 Å². The number of hydrogen-bond acceptors (Lipinski definition) is 9. The van der Waals surface area contributed by atoms with Crippen LogP contribution in [0.25, 0.3) is 10.6 Å². The highest BCUT2D eigenvalue weighted by molar-refractivity contribution is 7.92. The maximum absolute atomic E-state index is 14.0. The molecule has 4 aromatic rings. The first-order chi connectivity index (χ1) is 17.8. The number of ketones is 1. The summed E-state index contributed by atoms with van der Waals surface area (Å²) in [6.45, 7) is 0. The number of benzene rings is 3. The highest BCUT2D eigenvalue weighted by Crippen LogP contribution is 2.43. The summed E-state index contributed by atoms with van der Waals surface area (Å²) in [5, 5.41) is 2.40. The molecule has 0 saturated heterocycles. The number of sulfonamides is 1. The number of methoxy groups -OCH3 is 4. The molecule has 0 fully saturated rings. The van der Waals surface area contributed by atoms with Crippen LogP contribution in [0.5, 0.6) is 23.0 Å². The number of aromatic nitrogens is 1. The van der Waals surface area contributed by atoms with Crippen LogP contribution >= 0.6 is 11.3 Å². The number of thiazole rings is 1. The van der Waals surface area contributed by atoms with Crippen molar-refractivity contribution in [1.29, 1.82) is 0 Å². The van der Waals surface area contributed by atoms with E-state index in [0.717, 1.165) is 0 Å². The Hall–Kier alpha value is -4.09. The van der Waals surface area contributed by atoms with Crippen LogP contribution in [0.1, 0.15) is 15.9 Å². The topological polar surface area (TPSA) is 113 Å². The molecule has 4 rings (SSSR count). The van der Waals surface area contributed by atoms with E-state index in [1.54, 1.807) is 35.8 Å². The van der Waals surface area contributed by atoms with Crippen LogP contribution in [-0.2, 0) is 10.0 Å². The smallest absolute Gasteiger partial charge is 0.261 e. The van der Waals surface area contributed by atoms with Crippen LogP contribution in [0, 0.1) is 0 Å². The molecular formula is C26H24N2O7S2. The molecule has 1 heterocycles. The maximum Gasteiger partial charge on any atom is 0.261 e. The van der Waals surface area contributed by atoms with Crippen LogP contribution in [0.4, 0.5) is 5.69 Å². The van der Waals surface area contributed by atoms with Gasteiger partial charge in [0.2, 0.25) is 5.75 Å². The Bertz CT molecular complexity index is 1500. The zero-order valence-corrected chi connectivity index (χ0v) is 22.1. The van der Waals surface area contributed by atoms with Crippen molar-refractivity contribution in [3.8, 4) is 33.6 Å². The highest BCUT2D eigenvalue weighted by Gasteiger charge is 2.28. The fraction of sp³-hybridized carbons (Fsp3) is 0.154. The van der Waals surface area contributed by atoms with E-state index in [-0.39, 0.29) is 39.0 Å². The monoisotopic (exact) mass is 540 g/mol. The second kappa shape index (κ2) is 10.9. The Kier molecular flexibility index (Phi) is 7.65. The van der Waals surface area contributed by atoms with Gasteiger partial charge in [0.1, 0.15) is 10.8 Å². The second-order valence-electron chi connectivity index (χ2n) is 7.57. The summed E-state index contributed by atoms with van der Waals surface area (Å²) in [6.07, 6.45) is 1.63. The lowest BCUT2D eigenvalue weighted by molar-refractivity contribution is 0.103. The summed E-state index contributed by atoms with van der Waals surface area (Å²) in [6, 6.07) is 14.0. The Morgan fingerprint density at radius 2 is 1.51 bits per heavy atom. The average molecular weight is 541 g/mol. The predicted molar refractivity (Wildman–Crippen MR) is 141 cm³/mol. The van der Waals surface area contributed by atoms with Gasteiger partial charge in [0.25, 0.3) is 10.0 Å². The van der Waals surface area contributed by atoms with Gasteiger partial charge in [-0.05, 0) is 36.4 Å². The fourth-order valence-corrected chi connectivity index (χ4v) is 5.54. The molecule has 0 saturated carbocycles. The van der Waals surface area contributed by atoms with E-state index in [1.165, 1.54) is 70.1 Å². The van der Waals surface area contributed by atoms with Crippen molar-refractivity contribution in [2.75, 3.05) is 33.2 Å². The molecule has 0 spiro atoms. The Morgan fingerprint density at radius 1 is 0.865 bits per heavy atom. The van der Waals surface area contributed by atoms with Crippen molar-refractivity contribution in [1.82, 2.24) is 4.98 Å². The lowest BCUT2D eigenvalue weighted by Crippen LogP contribution is -2.17. The molecule has 0 atom stereocenters. The molecule has 11 heteroatoms. The Balaban J connectivity index is 1.94. The maximum atomic E-state index is 14.0. The minimum atomic E-state index is -4.02. The van der Waals surface area contributed by atoms with Gasteiger partial charge in [-0.15, -0.1) is 11.3 Å². The number of anilines is 1. The molecule has 3 aromatic carbocycles. The molecule has 0 bridgehead atoms. The van der Waals surface area contributed by atoms with Crippen LogP contribution in [-0.4, -0.2) is 47.6 Å². The van der Waals surface area contributed by atoms with E-state index in [1.807, 2.05) is 0 Å². The summed E-state index contributed by atoms with van der Waals surface area (Å²) >= 11 is 1.36. The minimum absolute atomic E-state index is 0.00368. The molecule has 192 valence electrons. The largest absolute Gasteiger partial charge is 0.495 e. The van der Waals surface area contributed by atoms with E-state index in [4.69, 9.17) is 18.9 Å². The third-order valence-electron chi connectivity index (χ3n) is 5.48. The van der Waals surface area contributed by atoms with Crippen molar-refractivity contribution in [3.05, 3.63) is 77.3 Å². The van der Waals surface area contributed by atoms with Crippen LogP contribution in [0.15, 0.2) is 71.1 Å². The molecule has 0 amide bonds. The van der Waals surface area contributed by atoms with Gasteiger partial charge in [0.15, 0.2) is 17.3 Å². The van der Waals surface area contributed by atoms with Gasteiger partial charge in [0, 0.05) is 17.1 Å². The van der Waals surface area contributed by atoms with Crippen molar-refractivity contribution in [2.45, 2.75) is 4.90 Å². The fourth-order valence-electron chi connectivity index (χ4n) is 3.79. The number of nitrogens with zero attached hydrogens (tertiary/aromatic N) is 1. The lowest BCUT2D eigenvalue weighted by Gasteiger charge is -2.19. The molecule has 37 heavy (non-hydrogen) atoms. The molecule has 9 nitrogen and oxygen atoms in total. The number of hydrogen-bond donors (Lipinski definition) is 1. The van der Waals surface area contributed by atoms with Gasteiger partial charge in [0.05, 0.1) is 50.1 Å². The number of carbonyl (C=O) groups excluding carboxylic acids is 1. The second-order valence-corrected chi connectivity index (χ2v) is 10.1. The summed E-state index contributed by atoms with van der Waals surface area (Å²) in [4.78, 5) is 18.4. The summed E-state index contributed by atoms with van der Waals surface area (Å²) in [5.74, 6) is 0.496. The van der Waals surface area contributed by atoms with Gasteiger partial charge < -0.3 is 18.9 Å². The summed E-state index contributed by atoms with van der Waals surface area (Å²) in [5.41, 5.74) is 0.754. The van der Waals surface area contributed by atoms with Crippen LogP contribution in [0.2, 0.25) is 0 Å². The van der Waals surface area contributed by atoms with Crippen molar-refractivity contribution < 1.29 is 32.2 Å². The lowest BCUT2D eigenvalue weighted by atomic mass is 9.97. The predicted octanol–water partition coefficient (Wildman–Crippen LogP) is 4.88. The molecular weight excluding hydrogens is 516 g/mol. The Morgan fingerprint density at radius 3 is 2.05 bits per heavy atom. The van der Waals surface area contributed by atoms with Crippen molar-refractivity contribution in [2.24, 2.45) is 0 Å². The SMILES string of the molecule is COc1cc(C(=O)c2c(NS(=O)(=O)c3ccccc3)ccc(-c3nccs3)c2OC)cc(OC)c1OC. The summed E-state index contributed by atoms with van der Waals surface area (Å²) < 4.78 is 50.8. The van der Waals surface area contributed by atoms with E-state index < -0.39 is 15.8 Å². The van der Waals surface area contributed by atoms with Gasteiger partial charge in [-0.25, -0.2) is 13.4 Å². The van der Waals surface area contributed by atoms with Gasteiger partial charge in [-0.2, -0.15) is 0 Å². The van der Waals surface area contributed by atoms with Crippen molar-refractivity contribution in [3.63, 3.8) is 0 Å². The number of rotatable bonds is 10. The molecule has 0 aliphatic heterocycles. The molecule has 0 aliphatic carbocycles. The average Bonchev–Trinajstić information content (AvgIpc) is 3.46. The standard InChI is InChI=1S/C26H24N2O7S2/c1-32-20-14-16(15-21(33-2)25(20)35-4)23(29)22-19(28-37(30,31)17-8-6-5-7-9-17)11-10-18(24(22)34-3)26-27-12-13-36-26/h5-15,28H,1-4H3. The van der Waals surface area contributed by atoms with Gasteiger partial charge in [-0.3, -0.25) is 9.52 Å². The first-order valence-electron chi connectivity index (χ1n) is 10.9. The molecule has 0 radical (unpaired) electrons. The van der Waals surface area contributed by atoms with Gasteiger partial charge in [-0.1, -0.05) is 18.2 Å². The zero-order valence-electron chi connectivity index (χ0n) is 20.5. The van der Waals surface area contributed by atoms with Crippen LogP contribution < -0.4 is 23.7 Å². The number of carbonyl (C=O) groups is 1. The highest BCUT2D eigenvalue weighted by atomic mass is 32.2. The number of ether oxygens (including phenoxy) is 4. The first kappa shape index (κ1) is 26.0. The third kappa shape index (κ3) is 5.09. The zero-order chi connectivity index (χ0) is 26.6. The van der Waals surface area contributed by atoms with Gasteiger partial charge >= 0.3 is 0 Å². The first-order valence-corrected chi connectivity index (χ1v) is 13.2. The molecule has 1 N–H and O–H groups in total. The normalized spacial score (nSPS) is 11.0. The molecule has 0 unspecified atom stereocenters. The van der Waals surface area contributed by atoms with E-state index in [9.17, 15) is 13.2 Å². The summed E-state index contributed by atoms with van der Waals surface area (Å²) in [7, 11) is 1.73. The minimum Gasteiger partial charge on any atom is -0.495 e. The van der Waals surface area contributed by atoms with E-state index >= 15 is 0 Å². The van der Waals surface area contributed by atoms with Crippen LogP contribution in [0.3, 0.4) is 0 Å². The quantitative estimate of drug-likeness (QED) is 0.283. The third-order valence-corrected chi connectivity index (χ3v) is 7.66.